The maximum Gasteiger partial charge on any atom is 0.109 e. The number of aromatic nitrogens is 1. The SMILES string of the molecule is CCCC(=S)Nc1ccc2c(c1N(C)C)CCC2Nc1cncs1. The summed E-state index contributed by atoms with van der Waals surface area (Å²) in [5, 5.41) is 8.19. The molecule has 0 spiro atoms. The van der Waals surface area contributed by atoms with Crippen LogP contribution in [0.3, 0.4) is 0 Å². The van der Waals surface area contributed by atoms with Gasteiger partial charge in [0.15, 0.2) is 0 Å². The molecule has 128 valence electrons. The Hall–Kier alpha value is -1.66. The van der Waals surface area contributed by atoms with Gasteiger partial charge < -0.3 is 15.5 Å². The van der Waals surface area contributed by atoms with Crippen LogP contribution in [0.2, 0.25) is 0 Å². The molecule has 1 aliphatic carbocycles. The smallest absolute Gasteiger partial charge is 0.109 e. The zero-order chi connectivity index (χ0) is 17.1. The highest BCUT2D eigenvalue weighted by Crippen LogP contribution is 2.42. The van der Waals surface area contributed by atoms with Crippen LogP contribution in [0.25, 0.3) is 0 Å². The van der Waals surface area contributed by atoms with Crippen LogP contribution in [0.1, 0.15) is 43.4 Å². The van der Waals surface area contributed by atoms with Gasteiger partial charge in [-0.15, -0.1) is 11.3 Å². The summed E-state index contributed by atoms with van der Waals surface area (Å²) in [6, 6.07) is 4.77. The molecule has 4 nitrogen and oxygen atoms in total. The minimum atomic E-state index is 0.357. The molecule has 1 aliphatic rings. The lowest BCUT2D eigenvalue weighted by molar-refractivity contribution is 0.764. The number of rotatable bonds is 6. The van der Waals surface area contributed by atoms with E-state index < -0.39 is 0 Å². The average Bonchev–Trinajstić information content (AvgIpc) is 3.17. The topological polar surface area (TPSA) is 40.2 Å². The predicted molar refractivity (Wildman–Crippen MR) is 109 cm³/mol. The Balaban J connectivity index is 1.89. The van der Waals surface area contributed by atoms with Gasteiger partial charge in [-0.1, -0.05) is 25.2 Å². The van der Waals surface area contributed by atoms with E-state index in [1.165, 1.54) is 16.8 Å². The summed E-state index contributed by atoms with van der Waals surface area (Å²) < 4.78 is 0. The maximum absolute atomic E-state index is 5.46. The van der Waals surface area contributed by atoms with Crippen LogP contribution in [0.5, 0.6) is 0 Å². The Morgan fingerprint density at radius 3 is 2.92 bits per heavy atom. The van der Waals surface area contributed by atoms with Crippen molar-refractivity contribution in [3.8, 4) is 0 Å². The first-order valence-corrected chi connectivity index (χ1v) is 9.67. The van der Waals surface area contributed by atoms with Crippen LogP contribution in [-0.4, -0.2) is 24.1 Å². The molecule has 1 aromatic carbocycles. The zero-order valence-electron chi connectivity index (χ0n) is 14.4. The molecule has 1 aromatic heterocycles. The van der Waals surface area contributed by atoms with E-state index in [4.69, 9.17) is 12.2 Å². The second-order valence-corrected chi connectivity index (χ2v) is 7.70. The second kappa shape index (κ2) is 7.49. The largest absolute Gasteiger partial charge is 0.376 e. The molecule has 1 unspecified atom stereocenters. The first kappa shape index (κ1) is 17.2. The van der Waals surface area contributed by atoms with E-state index in [-0.39, 0.29) is 0 Å². The molecule has 0 saturated heterocycles. The lowest BCUT2D eigenvalue weighted by Gasteiger charge is -2.23. The lowest BCUT2D eigenvalue weighted by Crippen LogP contribution is -2.17. The van der Waals surface area contributed by atoms with Crippen LogP contribution in [0.4, 0.5) is 16.4 Å². The highest BCUT2D eigenvalue weighted by molar-refractivity contribution is 7.80. The van der Waals surface area contributed by atoms with Gasteiger partial charge in [-0.05, 0) is 42.9 Å². The Morgan fingerprint density at radius 1 is 1.42 bits per heavy atom. The fraction of sp³-hybridized carbons (Fsp3) is 0.444. The van der Waals surface area contributed by atoms with Crippen molar-refractivity contribution in [2.45, 2.75) is 38.6 Å². The molecular weight excluding hydrogens is 336 g/mol. The summed E-state index contributed by atoms with van der Waals surface area (Å²) in [5.74, 6) is 0. The number of hydrogen-bond donors (Lipinski definition) is 2. The monoisotopic (exact) mass is 360 g/mol. The Labute approximate surface area is 153 Å². The molecule has 2 aromatic rings. The van der Waals surface area contributed by atoms with Gasteiger partial charge in [0, 0.05) is 14.1 Å². The highest BCUT2D eigenvalue weighted by atomic mass is 32.1. The van der Waals surface area contributed by atoms with Crippen molar-refractivity contribution in [2.24, 2.45) is 0 Å². The van der Waals surface area contributed by atoms with Crippen LogP contribution >= 0.6 is 23.6 Å². The number of fused-ring (bicyclic) bond motifs is 1. The Kier molecular flexibility index (Phi) is 5.36. The van der Waals surface area contributed by atoms with Crippen molar-refractivity contribution in [1.29, 1.82) is 0 Å². The van der Waals surface area contributed by atoms with Crippen molar-refractivity contribution in [2.75, 3.05) is 29.6 Å². The van der Waals surface area contributed by atoms with E-state index >= 15 is 0 Å². The molecule has 24 heavy (non-hydrogen) atoms. The van der Waals surface area contributed by atoms with Gasteiger partial charge in [0.1, 0.15) is 5.00 Å². The highest BCUT2D eigenvalue weighted by Gasteiger charge is 2.27. The third-order valence-corrected chi connectivity index (χ3v) is 5.34. The quantitative estimate of drug-likeness (QED) is 0.721. The molecule has 0 bridgehead atoms. The third kappa shape index (κ3) is 3.54. The summed E-state index contributed by atoms with van der Waals surface area (Å²) >= 11 is 7.11. The maximum atomic E-state index is 5.46. The minimum absolute atomic E-state index is 0.357. The molecule has 1 heterocycles. The first-order valence-electron chi connectivity index (χ1n) is 8.38. The molecule has 0 fully saturated rings. The molecule has 3 rings (SSSR count). The standard InChI is InChI=1S/C18H24N4S2/c1-4-5-16(23)20-15-9-6-12-13(18(15)22(2)3)7-8-14(12)21-17-10-19-11-24-17/h6,9-11,14,21H,4-5,7-8H2,1-3H3,(H,20,23). The number of hydrogen-bond acceptors (Lipinski definition) is 5. The second-order valence-electron chi connectivity index (χ2n) is 6.32. The van der Waals surface area contributed by atoms with Crippen molar-refractivity contribution < 1.29 is 0 Å². The minimum Gasteiger partial charge on any atom is -0.376 e. The molecule has 0 aliphatic heterocycles. The van der Waals surface area contributed by atoms with Crippen molar-refractivity contribution in [3.05, 3.63) is 35.0 Å². The van der Waals surface area contributed by atoms with Crippen LogP contribution in [0.15, 0.2) is 23.8 Å². The molecule has 0 radical (unpaired) electrons. The molecule has 0 amide bonds. The van der Waals surface area contributed by atoms with E-state index in [9.17, 15) is 0 Å². The van der Waals surface area contributed by atoms with Gasteiger partial charge in [-0.25, -0.2) is 0 Å². The molecule has 1 atom stereocenters. The normalized spacial score (nSPS) is 15.9. The van der Waals surface area contributed by atoms with Crippen molar-refractivity contribution in [3.63, 3.8) is 0 Å². The molecule has 6 heteroatoms. The number of thiazole rings is 1. The van der Waals surface area contributed by atoms with Crippen molar-refractivity contribution in [1.82, 2.24) is 4.98 Å². The Bertz CT molecular complexity index is 710. The lowest BCUT2D eigenvalue weighted by atomic mass is 10.0. The number of nitrogens with one attached hydrogen (secondary N) is 2. The average molecular weight is 361 g/mol. The third-order valence-electron chi connectivity index (χ3n) is 4.32. The van der Waals surface area contributed by atoms with E-state index in [0.29, 0.717) is 6.04 Å². The van der Waals surface area contributed by atoms with Gasteiger partial charge in [-0.3, -0.25) is 4.98 Å². The molecule has 0 saturated carbocycles. The van der Waals surface area contributed by atoms with Gasteiger partial charge in [0.25, 0.3) is 0 Å². The van der Waals surface area contributed by atoms with E-state index in [1.54, 1.807) is 11.3 Å². The fourth-order valence-corrected chi connectivity index (χ4v) is 4.23. The van der Waals surface area contributed by atoms with Gasteiger partial charge in [0.2, 0.25) is 0 Å². The van der Waals surface area contributed by atoms with Gasteiger partial charge in [0.05, 0.1) is 34.1 Å². The molecule has 2 N–H and O–H groups in total. The van der Waals surface area contributed by atoms with E-state index in [0.717, 1.165) is 41.4 Å². The summed E-state index contributed by atoms with van der Waals surface area (Å²) in [7, 11) is 4.21. The van der Waals surface area contributed by atoms with Gasteiger partial charge >= 0.3 is 0 Å². The Morgan fingerprint density at radius 2 is 2.25 bits per heavy atom. The summed E-state index contributed by atoms with van der Waals surface area (Å²) in [6.45, 7) is 2.15. The van der Waals surface area contributed by atoms with Crippen LogP contribution in [-0.2, 0) is 6.42 Å². The number of thiocarbonyl (C=S) groups is 1. The predicted octanol–water partition coefficient (Wildman–Crippen LogP) is 4.85. The summed E-state index contributed by atoms with van der Waals surface area (Å²) in [5.41, 5.74) is 7.06. The van der Waals surface area contributed by atoms with Gasteiger partial charge in [-0.2, -0.15) is 0 Å². The summed E-state index contributed by atoms with van der Waals surface area (Å²) in [6.07, 6.45) is 6.07. The molecular formula is C18H24N4S2. The fourth-order valence-electron chi connectivity index (χ4n) is 3.35. The summed E-state index contributed by atoms with van der Waals surface area (Å²) in [4.78, 5) is 7.27. The number of anilines is 3. The van der Waals surface area contributed by atoms with Crippen molar-refractivity contribution >= 4 is 44.9 Å². The van der Waals surface area contributed by atoms with E-state index in [1.807, 2.05) is 11.7 Å². The van der Waals surface area contributed by atoms with Crippen LogP contribution < -0.4 is 15.5 Å². The van der Waals surface area contributed by atoms with Crippen LogP contribution in [0, 0.1) is 0 Å². The van der Waals surface area contributed by atoms with E-state index in [2.05, 4.69) is 53.7 Å². The number of nitrogens with zero attached hydrogens (tertiary/aromatic N) is 2. The number of benzene rings is 1. The zero-order valence-corrected chi connectivity index (χ0v) is 16.1. The first-order chi connectivity index (χ1) is 11.6.